The first-order valence-electron chi connectivity index (χ1n) is 7.91. The van der Waals surface area contributed by atoms with Crippen molar-refractivity contribution >= 4 is 23.5 Å². The van der Waals surface area contributed by atoms with Crippen molar-refractivity contribution in [2.75, 3.05) is 11.9 Å². The zero-order valence-corrected chi connectivity index (χ0v) is 14.1. The molecule has 7 nitrogen and oxygen atoms in total. The molecule has 132 valence electrons. The summed E-state index contributed by atoms with van der Waals surface area (Å²) in [7, 11) is 0. The van der Waals surface area contributed by atoms with E-state index in [0.29, 0.717) is 0 Å². The fourth-order valence-corrected chi connectivity index (χ4v) is 1.99. The quantitative estimate of drug-likeness (QED) is 0.753. The molecule has 0 bridgehead atoms. The summed E-state index contributed by atoms with van der Waals surface area (Å²) in [4.78, 5) is 36.0. The molecule has 2 rings (SSSR count). The number of rotatable bonds is 7. The van der Waals surface area contributed by atoms with E-state index >= 15 is 0 Å². The van der Waals surface area contributed by atoms with E-state index in [9.17, 15) is 14.4 Å². The van der Waals surface area contributed by atoms with E-state index in [1.54, 1.807) is 24.3 Å². The molecule has 0 saturated heterocycles. The largest absolute Gasteiger partial charge is 0.459 e. The van der Waals surface area contributed by atoms with Crippen LogP contribution in [-0.2, 0) is 9.53 Å². The molecule has 0 saturated carbocycles. The minimum Gasteiger partial charge on any atom is -0.459 e. The van der Waals surface area contributed by atoms with Gasteiger partial charge in [-0.25, -0.2) is 4.79 Å². The number of amides is 2. The van der Waals surface area contributed by atoms with Gasteiger partial charge in [0.05, 0.1) is 17.5 Å². The fraction of sp³-hybridized carbons (Fsp3) is 0.278. The Morgan fingerprint density at radius 2 is 1.92 bits per heavy atom. The van der Waals surface area contributed by atoms with Gasteiger partial charge in [0.2, 0.25) is 0 Å². The van der Waals surface area contributed by atoms with Crippen molar-refractivity contribution in [3.05, 3.63) is 54.0 Å². The first kappa shape index (κ1) is 18.3. The molecule has 0 fully saturated rings. The van der Waals surface area contributed by atoms with E-state index in [1.807, 2.05) is 13.8 Å². The van der Waals surface area contributed by atoms with Gasteiger partial charge in [-0.2, -0.15) is 0 Å². The lowest BCUT2D eigenvalue weighted by molar-refractivity contribution is -0.124. The van der Waals surface area contributed by atoms with Crippen LogP contribution < -0.4 is 10.6 Å². The third-order valence-electron chi connectivity index (χ3n) is 3.49. The number of anilines is 1. The molecular weight excluding hydrogens is 324 g/mol. The van der Waals surface area contributed by atoms with Crippen LogP contribution in [-0.4, -0.2) is 30.4 Å². The second-order valence-electron chi connectivity index (χ2n) is 5.43. The van der Waals surface area contributed by atoms with Crippen LogP contribution in [0.4, 0.5) is 5.69 Å². The Hall–Kier alpha value is -3.09. The van der Waals surface area contributed by atoms with Crippen molar-refractivity contribution in [3.63, 3.8) is 0 Å². The fourth-order valence-electron chi connectivity index (χ4n) is 1.99. The first-order chi connectivity index (χ1) is 12.0. The second kappa shape index (κ2) is 8.68. The number of ether oxygens (including phenoxy) is 1. The molecule has 0 aliphatic carbocycles. The third-order valence-corrected chi connectivity index (χ3v) is 3.49. The summed E-state index contributed by atoms with van der Waals surface area (Å²) >= 11 is 0. The van der Waals surface area contributed by atoms with Crippen LogP contribution in [0, 0.1) is 0 Å². The highest BCUT2D eigenvalue weighted by Gasteiger charge is 2.17. The Bertz CT molecular complexity index is 740. The van der Waals surface area contributed by atoms with Gasteiger partial charge in [0, 0.05) is 6.04 Å². The Balaban J connectivity index is 2.00. The molecule has 0 unspecified atom stereocenters. The van der Waals surface area contributed by atoms with Gasteiger partial charge < -0.3 is 19.8 Å². The predicted molar refractivity (Wildman–Crippen MR) is 91.3 cm³/mol. The van der Waals surface area contributed by atoms with Gasteiger partial charge in [-0.3, -0.25) is 9.59 Å². The number of nitrogens with one attached hydrogen (secondary N) is 2. The molecule has 0 spiro atoms. The average Bonchev–Trinajstić information content (AvgIpc) is 3.14. The third kappa shape index (κ3) is 5.20. The van der Waals surface area contributed by atoms with E-state index in [0.717, 1.165) is 6.42 Å². The monoisotopic (exact) mass is 344 g/mol. The van der Waals surface area contributed by atoms with Gasteiger partial charge in [-0.15, -0.1) is 0 Å². The molecule has 2 aromatic rings. The molecule has 1 aromatic carbocycles. The average molecular weight is 344 g/mol. The molecule has 1 aromatic heterocycles. The number of furan rings is 1. The number of benzene rings is 1. The van der Waals surface area contributed by atoms with E-state index in [4.69, 9.17) is 9.15 Å². The van der Waals surface area contributed by atoms with Crippen LogP contribution in [0.15, 0.2) is 47.1 Å². The highest BCUT2D eigenvalue weighted by atomic mass is 16.5. The molecular formula is C18H20N2O5. The van der Waals surface area contributed by atoms with Crippen molar-refractivity contribution in [1.29, 1.82) is 0 Å². The van der Waals surface area contributed by atoms with Crippen LogP contribution >= 0.6 is 0 Å². The number of hydrogen-bond donors (Lipinski definition) is 2. The van der Waals surface area contributed by atoms with E-state index < -0.39 is 11.9 Å². The van der Waals surface area contributed by atoms with Gasteiger partial charge in [-0.05, 0) is 37.6 Å². The zero-order valence-electron chi connectivity index (χ0n) is 14.1. The summed E-state index contributed by atoms with van der Waals surface area (Å²) in [6, 6.07) is 9.48. The molecule has 0 radical (unpaired) electrons. The van der Waals surface area contributed by atoms with Crippen LogP contribution in [0.5, 0.6) is 0 Å². The molecule has 2 N–H and O–H groups in total. The Morgan fingerprint density at radius 3 is 2.60 bits per heavy atom. The van der Waals surface area contributed by atoms with Crippen molar-refractivity contribution < 1.29 is 23.5 Å². The number of carbonyl (C=O) groups is 3. The van der Waals surface area contributed by atoms with Crippen molar-refractivity contribution in [1.82, 2.24) is 5.32 Å². The topological polar surface area (TPSA) is 97.6 Å². The van der Waals surface area contributed by atoms with Gasteiger partial charge in [0.15, 0.2) is 12.4 Å². The second-order valence-corrected chi connectivity index (χ2v) is 5.43. The summed E-state index contributed by atoms with van der Waals surface area (Å²) in [6.07, 6.45) is 2.16. The summed E-state index contributed by atoms with van der Waals surface area (Å²) in [5.74, 6) is -1.44. The van der Waals surface area contributed by atoms with Crippen LogP contribution in [0.3, 0.4) is 0 Å². The summed E-state index contributed by atoms with van der Waals surface area (Å²) < 4.78 is 10.0. The van der Waals surface area contributed by atoms with E-state index in [1.165, 1.54) is 18.4 Å². The van der Waals surface area contributed by atoms with Crippen molar-refractivity contribution in [2.45, 2.75) is 26.3 Å². The van der Waals surface area contributed by atoms with Gasteiger partial charge >= 0.3 is 5.97 Å². The molecule has 2 amide bonds. The molecule has 0 aliphatic heterocycles. The Kier molecular flexibility index (Phi) is 6.33. The number of para-hydroxylation sites is 1. The Labute approximate surface area is 145 Å². The lowest BCUT2D eigenvalue weighted by Crippen LogP contribution is -2.35. The minimum absolute atomic E-state index is 0.00562. The van der Waals surface area contributed by atoms with Crippen LogP contribution in [0.25, 0.3) is 0 Å². The minimum atomic E-state index is -0.699. The molecule has 0 aliphatic rings. The summed E-state index contributed by atoms with van der Waals surface area (Å²) in [5.41, 5.74) is 0.426. The van der Waals surface area contributed by atoms with Crippen LogP contribution in [0.2, 0.25) is 0 Å². The van der Waals surface area contributed by atoms with Gasteiger partial charge in [0.25, 0.3) is 11.8 Å². The summed E-state index contributed by atoms with van der Waals surface area (Å²) in [6.45, 7) is 3.41. The lowest BCUT2D eigenvalue weighted by atomic mass is 10.1. The predicted octanol–water partition coefficient (Wildman–Crippen LogP) is 2.60. The Morgan fingerprint density at radius 1 is 1.16 bits per heavy atom. The highest BCUT2D eigenvalue weighted by molar-refractivity contribution is 6.06. The standard InChI is InChI=1S/C18H20N2O5/c1-3-12(2)19-16(21)11-25-18(23)13-7-4-5-8-14(13)20-17(22)15-9-6-10-24-15/h4-10,12H,3,11H2,1-2H3,(H,19,21)(H,20,22)/t12-/m1/s1. The van der Waals surface area contributed by atoms with Crippen molar-refractivity contribution in [3.8, 4) is 0 Å². The maximum absolute atomic E-state index is 12.2. The molecule has 1 heterocycles. The normalized spacial score (nSPS) is 11.4. The number of carbonyl (C=O) groups excluding carboxylic acids is 3. The summed E-state index contributed by atoms with van der Waals surface area (Å²) in [5, 5.41) is 5.29. The van der Waals surface area contributed by atoms with Crippen molar-refractivity contribution in [2.24, 2.45) is 0 Å². The van der Waals surface area contributed by atoms with E-state index in [2.05, 4.69) is 10.6 Å². The lowest BCUT2D eigenvalue weighted by Gasteiger charge is -2.12. The SMILES string of the molecule is CC[C@@H](C)NC(=O)COC(=O)c1ccccc1NC(=O)c1ccco1. The van der Waals surface area contributed by atoms with Crippen LogP contribution in [0.1, 0.15) is 41.2 Å². The van der Waals surface area contributed by atoms with Gasteiger partial charge in [-0.1, -0.05) is 19.1 Å². The highest BCUT2D eigenvalue weighted by Crippen LogP contribution is 2.17. The molecule has 1 atom stereocenters. The van der Waals surface area contributed by atoms with E-state index in [-0.39, 0.29) is 35.6 Å². The maximum atomic E-state index is 12.2. The number of esters is 1. The number of hydrogen-bond acceptors (Lipinski definition) is 5. The zero-order chi connectivity index (χ0) is 18.2. The first-order valence-corrected chi connectivity index (χ1v) is 7.91. The molecule has 25 heavy (non-hydrogen) atoms. The van der Waals surface area contributed by atoms with Gasteiger partial charge in [0.1, 0.15) is 0 Å². The maximum Gasteiger partial charge on any atom is 0.340 e. The molecule has 7 heteroatoms. The smallest absolute Gasteiger partial charge is 0.340 e.